The van der Waals surface area contributed by atoms with Gasteiger partial charge >= 0.3 is 0 Å². The summed E-state index contributed by atoms with van der Waals surface area (Å²) in [6.07, 6.45) is 15.7. The highest BCUT2D eigenvalue weighted by Crippen LogP contribution is 2.39. The maximum atomic E-state index is 11.8. The molecule has 2 N–H and O–H groups in total. The SMILES string of the molecule is C#CCC.C=O.CNC(=O)c1ccc(Cc2c(C3(C)C=CC=CC3)[nH]c3cc(OC)ccc23)o1. The van der Waals surface area contributed by atoms with Crippen LogP contribution in [0.25, 0.3) is 10.9 Å². The Labute approximate surface area is 201 Å². The third-order valence-electron chi connectivity index (χ3n) is 5.61. The van der Waals surface area contributed by atoms with Crippen molar-refractivity contribution in [2.45, 2.75) is 38.5 Å². The minimum absolute atomic E-state index is 0.132. The molecule has 0 fully saturated rings. The summed E-state index contributed by atoms with van der Waals surface area (Å²) in [5, 5.41) is 3.73. The number of allylic oxidation sites excluding steroid dienone is 4. The van der Waals surface area contributed by atoms with Gasteiger partial charge in [0.25, 0.3) is 5.91 Å². The number of furan rings is 1. The van der Waals surface area contributed by atoms with Crippen LogP contribution >= 0.6 is 0 Å². The Kier molecular flexibility index (Phi) is 9.51. The lowest BCUT2D eigenvalue weighted by atomic mass is 9.78. The maximum Gasteiger partial charge on any atom is 0.286 e. The number of methoxy groups -OCH3 is 1. The molecule has 1 amide bonds. The molecule has 6 nitrogen and oxygen atoms in total. The number of aromatic amines is 1. The second-order valence-electron chi connectivity index (χ2n) is 7.88. The summed E-state index contributed by atoms with van der Waals surface area (Å²) in [5.41, 5.74) is 3.24. The molecule has 2 heterocycles. The molecular formula is C28H32N2O4. The first-order valence-corrected chi connectivity index (χ1v) is 11.0. The third-order valence-corrected chi connectivity index (χ3v) is 5.61. The second kappa shape index (κ2) is 12.3. The van der Waals surface area contributed by atoms with Crippen molar-refractivity contribution < 1.29 is 18.7 Å². The Hall–Kier alpha value is -3.98. The summed E-state index contributed by atoms with van der Waals surface area (Å²) < 4.78 is 11.2. The highest BCUT2D eigenvalue weighted by molar-refractivity contribution is 5.91. The molecule has 0 radical (unpaired) electrons. The lowest BCUT2D eigenvalue weighted by Gasteiger charge is -2.27. The Morgan fingerprint density at radius 2 is 2.03 bits per heavy atom. The van der Waals surface area contributed by atoms with Crippen molar-refractivity contribution in [3.05, 3.63) is 77.4 Å². The maximum absolute atomic E-state index is 11.8. The van der Waals surface area contributed by atoms with Gasteiger partial charge in [-0.1, -0.05) is 38.2 Å². The zero-order valence-corrected chi connectivity index (χ0v) is 20.2. The fourth-order valence-corrected chi connectivity index (χ4v) is 3.84. The Bertz CT molecular complexity index is 1210. The monoisotopic (exact) mass is 460 g/mol. The molecular weight excluding hydrogens is 428 g/mol. The molecule has 0 spiro atoms. The standard InChI is InChI=1S/C23H24N2O3.C4H6.CH2O/c1-23(11-5-4-6-12-23)21-18(13-16-8-10-20(28-16)22(26)24-2)17-9-7-15(27-3)14-19(17)25-21;1-3-4-2;1-2/h4-11,14,25H,12-13H2,1-3H3,(H,24,26);1H,4H2,2H3;1H2. The molecule has 3 aromatic rings. The molecule has 34 heavy (non-hydrogen) atoms. The summed E-state index contributed by atoms with van der Waals surface area (Å²) in [4.78, 5) is 23.5. The van der Waals surface area contributed by atoms with Gasteiger partial charge < -0.3 is 24.2 Å². The molecule has 0 bridgehead atoms. The number of carbonyl (C=O) groups is 2. The third kappa shape index (κ3) is 5.87. The fraction of sp³-hybridized carbons (Fsp3) is 0.286. The largest absolute Gasteiger partial charge is 0.497 e. The van der Waals surface area contributed by atoms with Crippen molar-refractivity contribution in [3.63, 3.8) is 0 Å². The Morgan fingerprint density at radius 1 is 1.29 bits per heavy atom. The van der Waals surface area contributed by atoms with E-state index in [1.165, 1.54) is 5.56 Å². The van der Waals surface area contributed by atoms with Crippen LogP contribution in [0, 0.1) is 12.3 Å². The van der Waals surface area contributed by atoms with Crippen LogP contribution in [0.2, 0.25) is 0 Å². The molecule has 6 heteroatoms. The number of H-pyrrole nitrogens is 1. The molecule has 1 aromatic carbocycles. The molecule has 1 aliphatic carbocycles. The normalized spacial score (nSPS) is 16.0. The quantitative estimate of drug-likeness (QED) is 0.504. The number of hydrogen-bond donors (Lipinski definition) is 2. The number of nitrogens with one attached hydrogen (secondary N) is 2. The molecule has 178 valence electrons. The van der Waals surface area contributed by atoms with E-state index in [1.54, 1.807) is 20.2 Å². The van der Waals surface area contributed by atoms with Gasteiger partial charge in [0.15, 0.2) is 5.76 Å². The zero-order valence-electron chi connectivity index (χ0n) is 20.2. The molecule has 1 atom stereocenters. The van der Waals surface area contributed by atoms with E-state index in [9.17, 15) is 4.79 Å². The van der Waals surface area contributed by atoms with E-state index in [2.05, 4.69) is 53.5 Å². The molecule has 0 saturated heterocycles. The molecule has 0 aliphatic heterocycles. The van der Waals surface area contributed by atoms with E-state index in [0.29, 0.717) is 12.2 Å². The highest BCUT2D eigenvalue weighted by Gasteiger charge is 2.30. The summed E-state index contributed by atoms with van der Waals surface area (Å²) in [5.74, 6) is 4.11. The number of aromatic nitrogens is 1. The van der Waals surface area contributed by atoms with E-state index >= 15 is 0 Å². The summed E-state index contributed by atoms with van der Waals surface area (Å²) in [6.45, 7) is 6.18. The van der Waals surface area contributed by atoms with Gasteiger partial charge in [0.1, 0.15) is 18.3 Å². The zero-order chi connectivity index (χ0) is 25.1. The first-order chi connectivity index (χ1) is 16.5. The van der Waals surface area contributed by atoms with E-state index in [0.717, 1.165) is 40.9 Å². The summed E-state index contributed by atoms with van der Waals surface area (Å²) in [6, 6.07) is 9.66. The van der Waals surface area contributed by atoms with Crippen LogP contribution < -0.4 is 10.1 Å². The fourth-order valence-electron chi connectivity index (χ4n) is 3.84. The molecule has 2 aromatic heterocycles. The second-order valence-corrected chi connectivity index (χ2v) is 7.88. The van der Waals surface area contributed by atoms with Gasteiger partial charge in [-0.15, -0.1) is 12.3 Å². The van der Waals surface area contributed by atoms with E-state index in [4.69, 9.17) is 20.4 Å². The highest BCUT2D eigenvalue weighted by atomic mass is 16.5. The first-order valence-electron chi connectivity index (χ1n) is 11.0. The smallest absolute Gasteiger partial charge is 0.286 e. The number of amides is 1. The van der Waals surface area contributed by atoms with Crippen molar-refractivity contribution in [2.75, 3.05) is 14.2 Å². The predicted octanol–water partition coefficient (Wildman–Crippen LogP) is 5.34. The number of fused-ring (bicyclic) bond motifs is 1. The van der Waals surface area contributed by atoms with Crippen LogP contribution in [0.1, 0.15) is 54.3 Å². The van der Waals surface area contributed by atoms with Crippen LogP contribution in [0.4, 0.5) is 0 Å². The van der Waals surface area contributed by atoms with Gasteiger partial charge in [0.05, 0.1) is 7.11 Å². The van der Waals surface area contributed by atoms with Gasteiger partial charge in [-0.3, -0.25) is 4.79 Å². The van der Waals surface area contributed by atoms with E-state index in [1.807, 2.05) is 31.9 Å². The average Bonchev–Trinajstić information content (AvgIpc) is 3.50. The van der Waals surface area contributed by atoms with Crippen LogP contribution in [0.3, 0.4) is 0 Å². The van der Waals surface area contributed by atoms with Gasteiger partial charge in [0, 0.05) is 48.0 Å². The number of carbonyl (C=O) groups excluding carboxylic acids is 2. The first kappa shape index (κ1) is 26.3. The van der Waals surface area contributed by atoms with Crippen LogP contribution in [-0.4, -0.2) is 31.8 Å². The van der Waals surface area contributed by atoms with Gasteiger partial charge in [-0.2, -0.15) is 0 Å². The summed E-state index contributed by atoms with van der Waals surface area (Å²) in [7, 11) is 3.27. The summed E-state index contributed by atoms with van der Waals surface area (Å²) >= 11 is 0. The van der Waals surface area contributed by atoms with E-state index < -0.39 is 0 Å². The molecule has 1 aliphatic rings. The van der Waals surface area contributed by atoms with Gasteiger partial charge in [-0.25, -0.2) is 0 Å². The minimum Gasteiger partial charge on any atom is -0.497 e. The van der Waals surface area contributed by atoms with E-state index in [-0.39, 0.29) is 11.3 Å². The van der Waals surface area contributed by atoms with Gasteiger partial charge in [-0.05, 0) is 36.2 Å². The number of terminal acetylenes is 1. The Balaban J connectivity index is 0.000000618. The van der Waals surface area contributed by atoms with Crippen molar-refractivity contribution in [3.8, 4) is 18.1 Å². The number of hydrogen-bond acceptors (Lipinski definition) is 4. The number of ether oxygens (including phenoxy) is 1. The van der Waals surface area contributed by atoms with Crippen molar-refractivity contribution >= 4 is 23.6 Å². The Morgan fingerprint density at radius 3 is 2.62 bits per heavy atom. The van der Waals surface area contributed by atoms with Crippen molar-refractivity contribution in [1.29, 1.82) is 0 Å². The lowest BCUT2D eigenvalue weighted by Crippen LogP contribution is -2.21. The topological polar surface area (TPSA) is 84.3 Å². The average molecular weight is 461 g/mol. The van der Waals surface area contributed by atoms with Crippen molar-refractivity contribution in [2.24, 2.45) is 0 Å². The predicted molar refractivity (Wildman–Crippen MR) is 136 cm³/mol. The lowest BCUT2D eigenvalue weighted by molar-refractivity contribution is -0.0980. The number of benzene rings is 1. The van der Waals surface area contributed by atoms with Crippen LogP contribution in [-0.2, 0) is 16.6 Å². The van der Waals surface area contributed by atoms with Crippen LogP contribution in [0.5, 0.6) is 5.75 Å². The number of rotatable bonds is 5. The van der Waals surface area contributed by atoms with Gasteiger partial charge in [0.2, 0.25) is 0 Å². The van der Waals surface area contributed by atoms with Crippen LogP contribution in [0.15, 0.2) is 59.1 Å². The molecule has 0 saturated carbocycles. The molecule has 4 rings (SSSR count). The molecule has 1 unspecified atom stereocenters. The van der Waals surface area contributed by atoms with Crippen molar-refractivity contribution in [1.82, 2.24) is 10.3 Å². The minimum atomic E-state index is -0.220.